The summed E-state index contributed by atoms with van der Waals surface area (Å²) in [6.45, 7) is 5.29. The van der Waals surface area contributed by atoms with E-state index in [2.05, 4.69) is 36.5 Å². The van der Waals surface area contributed by atoms with Crippen LogP contribution in [0.15, 0.2) is 24.3 Å². The topological polar surface area (TPSA) is 38.0 Å². The minimum atomic E-state index is 0.515. The number of nitrogens with two attached hydrogens (primary N) is 1. The third kappa shape index (κ3) is 4.32. The van der Waals surface area contributed by atoms with Crippen LogP contribution >= 0.6 is 0 Å². The quantitative estimate of drug-likeness (QED) is 0.824. The van der Waals surface area contributed by atoms with Gasteiger partial charge in [-0.05, 0) is 42.3 Å². The first-order valence-corrected chi connectivity index (χ1v) is 7.71. The van der Waals surface area contributed by atoms with Crippen molar-refractivity contribution in [3.63, 3.8) is 0 Å². The highest BCUT2D eigenvalue weighted by molar-refractivity contribution is 5.27. The molecule has 1 fully saturated rings. The molecule has 1 aromatic carbocycles. The van der Waals surface area contributed by atoms with E-state index in [1.54, 1.807) is 0 Å². The lowest BCUT2D eigenvalue weighted by atomic mass is 9.76. The number of rotatable bonds is 6. The Morgan fingerprint density at radius 1 is 1.11 bits per heavy atom. The zero-order valence-corrected chi connectivity index (χ0v) is 12.3. The van der Waals surface area contributed by atoms with Crippen LogP contribution < -0.4 is 11.1 Å². The minimum absolute atomic E-state index is 0.515. The van der Waals surface area contributed by atoms with Crippen LogP contribution in [0.2, 0.25) is 0 Å². The molecule has 2 rings (SSSR count). The molecule has 19 heavy (non-hydrogen) atoms. The van der Waals surface area contributed by atoms with Crippen LogP contribution in [0.5, 0.6) is 0 Å². The van der Waals surface area contributed by atoms with Crippen LogP contribution in [-0.4, -0.2) is 13.1 Å². The van der Waals surface area contributed by atoms with Gasteiger partial charge in [0.15, 0.2) is 0 Å². The Balaban J connectivity index is 1.85. The summed E-state index contributed by atoms with van der Waals surface area (Å²) < 4.78 is 0. The maximum atomic E-state index is 5.68. The smallest absolute Gasteiger partial charge is 0.0208 e. The third-order valence-corrected chi connectivity index (χ3v) is 4.46. The predicted octanol–water partition coefficient (Wildman–Crippen LogP) is 3.25. The molecule has 0 aliphatic heterocycles. The summed E-state index contributed by atoms with van der Waals surface area (Å²) in [5.74, 6) is 0. The molecule has 2 nitrogen and oxygen atoms in total. The highest BCUT2D eigenvalue weighted by Crippen LogP contribution is 2.34. The van der Waals surface area contributed by atoms with Crippen molar-refractivity contribution >= 4 is 0 Å². The fraction of sp³-hybridized carbons (Fsp3) is 0.647. The molecule has 1 saturated carbocycles. The molecule has 0 spiro atoms. The molecule has 1 aliphatic rings. The van der Waals surface area contributed by atoms with E-state index in [1.165, 1.54) is 43.2 Å². The Hall–Kier alpha value is -0.860. The second-order valence-electron chi connectivity index (χ2n) is 6.28. The molecule has 0 heterocycles. The van der Waals surface area contributed by atoms with E-state index in [0.717, 1.165) is 26.1 Å². The van der Waals surface area contributed by atoms with Crippen molar-refractivity contribution in [1.29, 1.82) is 0 Å². The normalized spacial score (nSPS) is 18.4. The number of hydrogen-bond acceptors (Lipinski definition) is 2. The second-order valence-corrected chi connectivity index (χ2v) is 6.28. The Morgan fingerprint density at radius 3 is 2.47 bits per heavy atom. The van der Waals surface area contributed by atoms with E-state index in [0.29, 0.717) is 5.41 Å². The predicted molar refractivity (Wildman–Crippen MR) is 82.1 cm³/mol. The fourth-order valence-corrected chi connectivity index (χ4v) is 3.21. The van der Waals surface area contributed by atoms with Gasteiger partial charge < -0.3 is 11.1 Å². The summed E-state index contributed by atoms with van der Waals surface area (Å²) in [5.41, 5.74) is 8.99. The number of benzene rings is 1. The van der Waals surface area contributed by atoms with Gasteiger partial charge in [0.2, 0.25) is 0 Å². The average Bonchev–Trinajstić information content (AvgIpc) is 2.42. The summed E-state index contributed by atoms with van der Waals surface area (Å²) in [5, 5.41) is 3.67. The average molecular weight is 260 g/mol. The lowest BCUT2D eigenvalue weighted by molar-refractivity contribution is 0.207. The lowest BCUT2D eigenvalue weighted by Gasteiger charge is -2.34. The molecule has 1 aliphatic carbocycles. The van der Waals surface area contributed by atoms with Gasteiger partial charge in [0.25, 0.3) is 0 Å². The largest absolute Gasteiger partial charge is 0.330 e. The van der Waals surface area contributed by atoms with Gasteiger partial charge in [-0.2, -0.15) is 0 Å². The van der Waals surface area contributed by atoms with E-state index in [4.69, 9.17) is 5.73 Å². The van der Waals surface area contributed by atoms with E-state index >= 15 is 0 Å². The molecule has 0 radical (unpaired) electrons. The van der Waals surface area contributed by atoms with E-state index in [1.807, 2.05) is 0 Å². The van der Waals surface area contributed by atoms with Gasteiger partial charge in [-0.25, -0.2) is 0 Å². The van der Waals surface area contributed by atoms with Crippen LogP contribution in [0.25, 0.3) is 0 Å². The van der Waals surface area contributed by atoms with Crippen molar-refractivity contribution in [2.24, 2.45) is 11.1 Å². The fourth-order valence-electron chi connectivity index (χ4n) is 3.21. The summed E-state index contributed by atoms with van der Waals surface area (Å²) in [7, 11) is 0. The highest BCUT2D eigenvalue weighted by Gasteiger charge is 2.25. The van der Waals surface area contributed by atoms with E-state index in [9.17, 15) is 0 Å². The van der Waals surface area contributed by atoms with Crippen LogP contribution in [-0.2, 0) is 13.0 Å². The molecule has 2 heteroatoms. The zero-order chi connectivity index (χ0) is 13.6. The standard InChI is InChI=1S/C17H28N2/c1-17(10-5-2-6-11-17)14-19-13-16-8-4-3-7-15(16)9-12-18/h3-4,7-8,19H,2,5-6,9-14,18H2,1H3. The summed E-state index contributed by atoms with van der Waals surface area (Å²) in [4.78, 5) is 0. The molecule has 0 unspecified atom stereocenters. The SMILES string of the molecule is CC1(CNCc2ccccc2CCN)CCCCC1. The van der Waals surface area contributed by atoms with Crippen LogP contribution in [0.4, 0.5) is 0 Å². The van der Waals surface area contributed by atoms with Crippen molar-refractivity contribution in [3.05, 3.63) is 35.4 Å². The Bertz CT molecular complexity index is 381. The Kier molecular flexibility index (Phi) is 5.41. The Morgan fingerprint density at radius 2 is 1.79 bits per heavy atom. The lowest BCUT2D eigenvalue weighted by Crippen LogP contribution is -2.33. The van der Waals surface area contributed by atoms with Crippen LogP contribution in [0, 0.1) is 5.41 Å². The molecule has 0 amide bonds. The summed E-state index contributed by atoms with van der Waals surface area (Å²) >= 11 is 0. The molecule has 106 valence electrons. The van der Waals surface area contributed by atoms with Gasteiger partial charge in [0.1, 0.15) is 0 Å². The van der Waals surface area contributed by atoms with Gasteiger partial charge in [-0.3, -0.25) is 0 Å². The van der Waals surface area contributed by atoms with Gasteiger partial charge in [0.05, 0.1) is 0 Å². The first kappa shape index (κ1) is 14.5. The van der Waals surface area contributed by atoms with Crippen molar-refractivity contribution < 1.29 is 0 Å². The van der Waals surface area contributed by atoms with Crippen molar-refractivity contribution in [1.82, 2.24) is 5.32 Å². The molecular formula is C17H28N2. The van der Waals surface area contributed by atoms with Crippen molar-refractivity contribution in [2.75, 3.05) is 13.1 Å². The zero-order valence-electron chi connectivity index (χ0n) is 12.3. The second kappa shape index (κ2) is 7.06. The molecule has 0 bridgehead atoms. The number of nitrogens with one attached hydrogen (secondary N) is 1. The first-order chi connectivity index (χ1) is 9.23. The maximum absolute atomic E-state index is 5.68. The third-order valence-electron chi connectivity index (χ3n) is 4.46. The molecule has 3 N–H and O–H groups in total. The molecule has 0 atom stereocenters. The molecule has 0 saturated heterocycles. The van der Waals surface area contributed by atoms with Crippen molar-refractivity contribution in [2.45, 2.75) is 52.0 Å². The van der Waals surface area contributed by atoms with Gasteiger partial charge in [0, 0.05) is 13.1 Å². The molecular weight excluding hydrogens is 232 g/mol. The first-order valence-electron chi connectivity index (χ1n) is 7.71. The van der Waals surface area contributed by atoms with E-state index < -0.39 is 0 Å². The van der Waals surface area contributed by atoms with Gasteiger partial charge in [-0.15, -0.1) is 0 Å². The van der Waals surface area contributed by atoms with Crippen molar-refractivity contribution in [3.8, 4) is 0 Å². The van der Waals surface area contributed by atoms with Gasteiger partial charge >= 0.3 is 0 Å². The minimum Gasteiger partial charge on any atom is -0.330 e. The summed E-state index contributed by atoms with van der Waals surface area (Å²) in [6.07, 6.45) is 7.98. The Labute approximate surface area is 117 Å². The van der Waals surface area contributed by atoms with Crippen LogP contribution in [0.3, 0.4) is 0 Å². The van der Waals surface area contributed by atoms with Crippen LogP contribution in [0.1, 0.15) is 50.2 Å². The van der Waals surface area contributed by atoms with E-state index in [-0.39, 0.29) is 0 Å². The summed E-state index contributed by atoms with van der Waals surface area (Å²) in [6, 6.07) is 8.66. The number of hydrogen-bond donors (Lipinski definition) is 2. The van der Waals surface area contributed by atoms with Gasteiger partial charge in [-0.1, -0.05) is 50.5 Å². The molecule has 0 aromatic heterocycles. The highest BCUT2D eigenvalue weighted by atomic mass is 14.9. The maximum Gasteiger partial charge on any atom is 0.0208 e. The monoisotopic (exact) mass is 260 g/mol. The molecule has 1 aromatic rings.